The van der Waals surface area contributed by atoms with E-state index in [-0.39, 0.29) is 23.7 Å². The van der Waals surface area contributed by atoms with Crippen LogP contribution < -0.4 is 10.6 Å². The van der Waals surface area contributed by atoms with Crippen molar-refractivity contribution in [2.75, 3.05) is 19.6 Å². The van der Waals surface area contributed by atoms with Crippen LogP contribution in [0.25, 0.3) is 0 Å². The predicted molar refractivity (Wildman–Crippen MR) is 107 cm³/mol. The summed E-state index contributed by atoms with van der Waals surface area (Å²) in [6.07, 6.45) is 5.98. The highest BCUT2D eigenvalue weighted by Crippen LogP contribution is 2.35. The number of pyridine rings is 1. The van der Waals surface area contributed by atoms with E-state index in [1.807, 2.05) is 12.1 Å². The van der Waals surface area contributed by atoms with Gasteiger partial charge in [0.25, 0.3) is 5.91 Å². The molecular weight excluding hydrogens is 371 g/mol. The van der Waals surface area contributed by atoms with Crippen LogP contribution in [0.5, 0.6) is 0 Å². The lowest BCUT2D eigenvalue weighted by atomic mass is 9.74. The van der Waals surface area contributed by atoms with E-state index in [9.17, 15) is 14.0 Å². The summed E-state index contributed by atoms with van der Waals surface area (Å²) in [6.45, 7) is 1.96. The minimum atomic E-state index is -0.977. The van der Waals surface area contributed by atoms with Crippen molar-refractivity contribution in [2.24, 2.45) is 5.92 Å². The third-order valence-corrected chi connectivity index (χ3v) is 6.01. The van der Waals surface area contributed by atoms with Crippen molar-refractivity contribution in [2.45, 2.75) is 31.2 Å². The molecule has 152 valence electrons. The maximum Gasteiger partial charge on any atom is 0.325 e. The number of rotatable bonds is 6. The van der Waals surface area contributed by atoms with Crippen LogP contribution in [0.1, 0.15) is 24.0 Å². The van der Waals surface area contributed by atoms with Crippen LogP contribution in [-0.2, 0) is 17.6 Å². The topological polar surface area (TPSA) is 74.3 Å². The largest absolute Gasteiger partial charge is 0.325 e. The van der Waals surface area contributed by atoms with Gasteiger partial charge in [-0.15, -0.1) is 0 Å². The van der Waals surface area contributed by atoms with Gasteiger partial charge in [0, 0.05) is 25.4 Å². The molecule has 2 saturated heterocycles. The second kappa shape index (κ2) is 8.29. The molecule has 4 rings (SSSR count). The van der Waals surface area contributed by atoms with Crippen molar-refractivity contribution < 1.29 is 14.0 Å². The molecule has 2 aromatic rings. The second-order valence-corrected chi connectivity index (χ2v) is 7.79. The lowest BCUT2D eigenvalue weighted by Gasteiger charge is -2.38. The Bertz CT molecular complexity index is 868. The number of imide groups is 1. The number of amides is 3. The monoisotopic (exact) mass is 396 g/mol. The summed E-state index contributed by atoms with van der Waals surface area (Å²) in [5.74, 6) is -0.450. The third kappa shape index (κ3) is 4.00. The van der Waals surface area contributed by atoms with Crippen molar-refractivity contribution in [3.63, 3.8) is 0 Å². The van der Waals surface area contributed by atoms with Gasteiger partial charge < -0.3 is 10.6 Å². The van der Waals surface area contributed by atoms with Crippen molar-refractivity contribution >= 4 is 11.9 Å². The van der Waals surface area contributed by atoms with Crippen LogP contribution in [0.3, 0.4) is 0 Å². The molecule has 3 heterocycles. The molecule has 2 aliphatic rings. The summed E-state index contributed by atoms with van der Waals surface area (Å²) in [4.78, 5) is 31.7. The van der Waals surface area contributed by atoms with Crippen molar-refractivity contribution in [3.05, 3.63) is 65.7 Å². The van der Waals surface area contributed by atoms with Crippen LogP contribution >= 0.6 is 0 Å². The van der Waals surface area contributed by atoms with Gasteiger partial charge in [0.05, 0.1) is 0 Å². The molecule has 0 aliphatic carbocycles. The number of carbonyl (C=O) groups is 2. The minimum Gasteiger partial charge on any atom is -0.322 e. The summed E-state index contributed by atoms with van der Waals surface area (Å²) in [7, 11) is 0. The average molecular weight is 396 g/mol. The normalized spacial score (nSPS) is 22.7. The Morgan fingerprint density at radius 1 is 1.03 bits per heavy atom. The molecule has 0 radical (unpaired) electrons. The Morgan fingerprint density at radius 3 is 2.41 bits per heavy atom. The quantitative estimate of drug-likeness (QED) is 0.735. The van der Waals surface area contributed by atoms with Gasteiger partial charge in [-0.05, 0) is 73.7 Å². The van der Waals surface area contributed by atoms with Crippen LogP contribution in [-0.4, -0.2) is 47.0 Å². The molecule has 7 heteroatoms. The first-order valence-electron chi connectivity index (χ1n) is 10.1. The van der Waals surface area contributed by atoms with Crippen molar-refractivity contribution in [1.82, 2.24) is 20.5 Å². The fraction of sp³-hybridized carbons (Fsp3) is 0.409. The van der Waals surface area contributed by atoms with Gasteiger partial charge in [-0.25, -0.2) is 9.18 Å². The Hall–Kier alpha value is -2.80. The number of hydrogen-bond acceptors (Lipinski definition) is 4. The zero-order chi connectivity index (χ0) is 20.3. The Kier molecular flexibility index (Phi) is 5.58. The van der Waals surface area contributed by atoms with Gasteiger partial charge in [0.1, 0.15) is 11.4 Å². The first-order valence-corrected chi connectivity index (χ1v) is 10.1. The summed E-state index contributed by atoms with van der Waals surface area (Å²) < 4.78 is 13.4. The zero-order valence-electron chi connectivity index (χ0n) is 16.2. The molecule has 0 bridgehead atoms. The molecule has 2 aliphatic heterocycles. The van der Waals surface area contributed by atoms with Crippen LogP contribution in [0.15, 0.2) is 48.8 Å². The Labute approximate surface area is 169 Å². The fourth-order valence-electron chi connectivity index (χ4n) is 4.42. The standard InChI is InChI=1S/C22H25FN4O2/c23-19-3-1-17(2-4-19)15-22(18-7-12-25-13-8-18)20(28)27(21(29)26-22)14-9-16-5-10-24-11-6-16/h1-6,10-11,18,25H,7-9,12-15H2,(H,26,29)/t22-/m1/s1. The number of aromatic nitrogens is 1. The maximum absolute atomic E-state index is 13.6. The molecule has 29 heavy (non-hydrogen) atoms. The Balaban J connectivity index is 1.58. The van der Waals surface area contributed by atoms with Crippen LogP contribution in [0.2, 0.25) is 0 Å². The molecule has 3 amide bonds. The van der Waals surface area contributed by atoms with Crippen molar-refractivity contribution in [3.8, 4) is 0 Å². The molecule has 1 aromatic heterocycles. The number of piperidine rings is 1. The Morgan fingerprint density at radius 2 is 1.72 bits per heavy atom. The number of hydrogen-bond donors (Lipinski definition) is 2. The fourth-order valence-corrected chi connectivity index (χ4v) is 4.42. The molecule has 2 fully saturated rings. The summed E-state index contributed by atoms with van der Waals surface area (Å²) in [6, 6.07) is 9.61. The molecule has 2 N–H and O–H groups in total. The molecule has 1 aromatic carbocycles. The number of halogens is 1. The van der Waals surface area contributed by atoms with E-state index in [1.165, 1.54) is 17.0 Å². The molecule has 0 unspecified atom stereocenters. The highest BCUT2D eigenvalue weighted by molar-refractivity contribution is 6.07. The number of nitrogens with one attached hydrogen (secondary N) is 2. The number of carbonyl (C=O) groups excluding carboxylic acids is 2. The van der Waals surface area contributed by atoms with Gasteiger partial charge in [-0.1, -0.05) is 12.1 Å². The second-order valence-electron chi connectivity index (χ2n) is 7.79. The van der Waals surface area contributed by atoms with E-state index in [0.29, 0.717) is 19.4 Å². The summed E-state index contributed by atoms with van der Waals surface area (Å²) in [5, 5.41) is 6.36. The zero-order valence-corrected chi connectivity index (χ0v) is 16.2. The minimum absolute atomic E-state index is 0.0381. The van der Waals surface area contributed by atoms with Crippen LogP contribution in [0.4, 0.5) is 9.18 Å². The molecule has 1 atom stereocenters. The van der Waals surface area contributed by atoms with Gasteiger partial charge in [0.15, 0.2) is 0 Å². The number of urea groups is 1. The average Bonchev–Trinajstić information content (AvgIpc) is 2.99. The highest BCUT2D eigenvalue weighted by atomic mass is 19.1. The molecule has 6 nitrogen and oxygen atoms in total. The third-order valence-electron chi connectivity index (χ3n) is 6.01. The van der Waals surface area contributed by atoms with E-state index < -0.39 is 5.54 Å². The SMILES string of the molecule is O=C1N[C@](Cc2ccc(F)cc2)(C2CCNCC2)C(=O)N1CCc1ccncc1. The summed E-state index contributed by atoms with van der Waals surface area (Å²) in [5.41, 5.74) is 0.892. The van der Waals surface area contributed by atoms with E-state index in [4.69, 9.17) is 0 Å². The number of benzene rings is 1. The molecule has 0 saturated carbocycles. The van der Waals surface area contributed by atoms with Gasteiger partial charge in [-0.2, -0.15) is 0 Å². The summed E-state index contributed by atoms with van der Waals surface area (Å²) >= 11 is 0. The first kappa shape index (κ1) is 19.5. The van der Waals surface area contributed by atoms with Gasteiger partial charge in [-0.3, -0.25) is 14.7 Å². The molecule has 0 spiro atoms. The van der Waals surface area contributed by atoms with Crippen LogP contribution in [0, 0.1) is 11.7 Å². The van der Waals surface area contributed by atoms with E-state index in [1.54, 1.807) is 24.5 Å². The molecular formula is C22H25FN4O2. The maximum atomic E-state index is 13.6. The van der Waals surface area contributed by atoms with E-state index in [2.05, 4.69) is 15.6 Å². The number of nitrogens with zero attached hydrogens (tertiary/aromatic N) is 2. The smallest absolute Gasteiger partial charge is 0.322 e. The van der Waals surface area contributed by atoms with Gasteiger partial charge in [0.2, 0.25) is 0 Å². The highest BCUT2D eigenvalue weighted by Gasteiger charge is 2.55. The van der Waals surface area contributed by atoms with Crippen molar-refractivity contribution in [1.29, 1.82) is 0 Å². The predicted octanol–water partition coefficient (Wildman–Crippen LogP) is 2.30. The van der Waals surface area contributed by atoms with Gasteiger partial charge >= 0.3 is 6.03 Å². The van der Waals surface area contributed by atoms with E-state index in [0.717, 1.165) is 37.1 Å². The lowest BCUT2D eigenvalue weighted by molar-refractivity contribution is -0.133. The van der Waals surface area contributed by atoms with E-state index >= 15 is 0 Å². The first-order chi connectivity index (χ1) is 14.1. The lowest BCUT2D eigenvalue weighted by Crippen LogP contribution is -2.57.